The molecule has 0 aromatic carbocycles. The van der Waals surface area contributed by atoms with Gasteiger partial charge in [-0.05, 0) is 30.7 Å². The number of amides is 1. The first kappa shape index (κ1) is 13.8. The third-order valence-electron chi connectivity index (χ3n) is 4.05. The summed E-state index contributed by atoms with van der Waals surface area (Å²) in [7, 11) is 1.85. The van der Waals surface area contributed by atoms with Crippen LogP contribution in [0.2, 0.25) is 0 Å². The molecule has 0 aliphatic carbocycles. The molecule has 3 heterocycles. The molecule has 1 N–H and O–H groups in total. The van der Waals surface area contributed by atoms with Crippen molar-refractivity contribution in [2.75, 3.05) is 13.1 Å². The zero-order valence-electron chi connectivity index (χ0n) is 12.0. The van der Waals surface area contributed by atoms with Crippen LogP contribution in [0, 0.1) is 5.92 Å². The molecule has 2 atom stereocenters. The lowest BCUT2D eigenvalue weighted by molar-refractivity contribution is 0.0755. The van der Waals surface area contributed by atoms with Gasteiger partial charge in [0.05, 0.1) is 6.10 Å². The van der Waals surface area contributed by atoms with Crippen LogP contribution in [-0.2, 0) is 13.5 Å². The highest BCUT2D eigenvalue weighted by molar-refractivity contribution is 5.93. The van der Waals surface area contributed by atoms with E-state index in [1.807, 2.05) is 37.5 Å². The van der Waals surface area contributed by atoms with Gasteiger partial charge < -0.3 is 14.6 Å². The minimum atomic E-state index is -0.490. The summed E-state index contributed by atoms with van der Waals surface area (Å²) in [6.07, 6.45) is 3.81. The number of aryl methyl sites for hydroxylation is 1. The number of pyridine rings is 1. The van der Waals surface area contributed by atoms with E-state index >= 15 is 0 Å². The van der Waals surface area contributed by atoms with Crippen molar-refractivity contribution >= 4 is 5.91 Å². The van der Waals surface area contributed by atoms with Gasteiger partial charge in [-0.25, -0.2) is 0 Å². The van der Waals surface area contributed by atoms with Crippen LogP contribution in [0.1, 0.15) is 16.2 Å². The monoisotopic (exact) mass is 285 g/mol. The van der Waals surface area contributed by atoms with Crippen molar-refractivity contribution in [3.63, 3.8) is 0 Å². The number of aliphatic hydroxyl groups excluding tert-OH is 1. The van der Waals surface area contributed by atoms with Gasteiger partial charge in [0.2, 0.25) is 0 Å². The summed E-state index contributed by atoms with van der Waals surface area (Å²) in [5, 5.41) is 10.2. The lowest BCUT2D eigenvalue weighted by Gasteiger charge is -2.16. The average Bonchev–Trinajstić information content (AvgIpc) is 3.06. The molecule has 1 aliphatic rings. The second kappa shape index (κ2) is 5.69. The van der Waals surface area contributed by atoms with E-state index in [2.05, 4.69) is 4.98 Å². The van der Waals surface area contributed by atoms with E-state index in [1.165, 1.54) is 0 Å². The Hall–Kier alpha value is -2.14. The minimum Gasteiger partial charge on any atom is -0.391 e. The highest BCUT2D eigenvalue weighted by atomic mass is 16.3. The molecular weight excluding hydrogens is 266 g/mol. The quantitative estimate of drug-likeness (QED) is 0.918. The van der Waals surface area contributed by atoms with Gasteiger partial charge in [-0.2, -0.15) is 0 Å². The van der Waals surface area contributed by atoms with Gasteiger partial charge in [-0.15, -0.1) is 0 Å². The third kappa shape index (κ3) is 2.83. The molecule has 110 valence electrons. The summed E-state index contributed by atoms with van der Waals surface area (Å²) in [6.45, 7) is 0.962. The second-order valence-electron chi connectivity index (χ2n) is 5.57. The summed E-state index contributed by atoms with van der Waals surface area (Å²) >= 11 is 0. The van der Waals surface area contributed by atoms with Crippen molar-refractivity contribution in [2.45, 2.75) is 12.5 Å². The van der Waals surface area contributed by atoms with E-state index in [0.29, 0.717) is 25.2 Å². The number of aliphatic hydroxyl groups is 1. The van der Waals surface area contributed by atoms with Gasteiger partial charge in [0.25, 0.3) is 5.91 Å². The standard InChI is InChI=1S/C16H19N3O2/c1-18-8-4-6-14(18)16(21)19-10-12(15(20)11-19)9-13-5-2-3-7-17-13/h2-8,12,15,20H,9-11H2,1H3/t12-,15-/m1/s1. The molecule has 21 heavy (non-hydrogen) atoms. The molecule has 2 aromatic heterocycles. The number of carbonyl (C=O) groups is 1. The molecule has 5 heteroatoms. The largest absolute Gasteiger partial charge is 0.391 e. The van der Waals surface area contributed by atoms with Gasteiger partial charge >= 0.3 is 0 Å². The van der Waals surface area contributed by atoms with Gasteiger partial charge in [0.15, 0.2) is 0 Å². The predicted octanol–water partition coefficient (Wildman–Crippen LogP) is 1.10. The number of hydrogen-bond acceptors (Lipinski definition) is 3. The smallest absolute Gasteiger partial charge is 0.270 e. The molecule has 0 spiro atoms. The molecular formula is C16H19N3O2. The molecule has 1 fully saturated rings. The van der Waals surface area contributed by atoms with E-state index in [0.717, 1.165) is 5.69 Å². The maximum absolute atomic E-state index is 12.5. The van der Waals surface area contributed by atoms with E-state index in [4.69, 9.17) is 0 Å². The predicted molar refractivity (Wildman–Crippen MR) is 78.8 cm³/mol. The van der Waals surface area contributed by atoms with Crippen molar-refractivity contribution in [1.82, 2.24) is 14.5 Å². The Morgan fingerprint density at radius 1 is 1.33 bits per heavy atom. The van der Waals surface area contributed by atoms with Crippen LogP contribution in [0.25, 0.3) is 0 Å². The number of hydrogen-bond donors (Lipinski definition) is 1. The Morgan fingerprint density at radius 3 is 2.86 bits per heavy atom. The number of β-amino-alcohol motifs (C(OH)–C–C–N with tert-alkyl or cyclic N) is 1. The van der Waals surface area contributed by atoms with Crippen LogP contribution >= 0.6 is 0 Å². The fraction of sp³-hybridized carbons (Fsp3) is 0.375. The van der Waals surface area contributed by atoms with E-state index in [1.54, 1.807) is 21.7 Å². The van der Waals surface area contributed by atoms with Crippen molar-refractivity contribution in [1.29, 1.82) is 0 Å². The van der Waals surface area contributed by atoms with Gasteiger partial charge in [-0.3, -0.25) is 9.78 Å². The fourth-order valence-electron chi connectivity index (χ4n) is 2.85. The summed E-state index contributed by atoms with van der Waals surface area (Å²) in [4.78, 5) is 18.5. The number of nitrogens with zero attached hydrogens (tertiary/aromatic N) is 3. The zero-order chi connectivity index (χ0) is 14.8. The number of likely N-dealkylation sites (tertiary alicyclic amines) is 1. The van der Waals surface area contributed by atoms with Crippen LogP contribution in [0.15, 0.2) is 42.7 Å². The van der Waals surface area contributed by atoms with E-state index in [9.17, 15) is 9.90 Å². The van der Waals surface area contributed by atoms with Crippen LogP contribution in [0.4, 0.5) is 0 Å². The first-order valence-corrected chi connectivity index (χ1v) is 7.13. The maximum atomic E-state index is 12.5. The van der Waals surface area contributed by atoms with Crippen LogP contribution in [0.3, 0.4) is 0 Å². The molecule has 0 radical (unpaired) electrons. The Balaban J connectivity index is 1.69. The Kier molecular flexibility index (Phi) is 3.75. The highest BCUT2D eigenvalue weighted by Gasteiger charge is 2.35. The van der Waals surface area contributed by atoms with Crippen molar-refractivity contribution in [2.24, 2.45) is 13.0 Å². The minimum absolute atomic E-state index is 0.0231. The molecule has 0 saturated carbocycles. The molecule has 0 unspecified atom stereocenters. The molecule has 2 aromatic rings. The zero-order valence-corrected chi connectivity index (χ0v) is 12.0. The summed E-state index contributed by atoms with van der Waals surface area (Å²) < 4.78 is 1.81. The first-order valence-electron chi connectivity index (χ1n) is 7.13. The number of carbonyl (C=O) groups excluding carboxylic acids is 1. The Bertz CT molecular complexity index is 623. The topological polar surface area (TPSA) is 58.4 Å². The van der Waals surface area contributed by atoms with Crippen LogP contribution in [-0.4, -0.2) is 44.7 Å². The number of rotatable bonds is 3. The maximum Gasteiger partial charge on any atom is 0.270 e. The highest BCUT2D eigenvalue weighted by Crippen LogP contribution is 2.22. The molecule has 1 saturated heterocycles. The van der Waals surface area contributed by atoms with Crippen molar-refractivity contribution < 1.29 is 9.90 Å². The van der Waals surface area contributed by atoms with Crippen LogP contribution < -0.4 is 0 Å². The molecule has 5 nitrogen and oxygen atoms in total. The van der Waals surface area contributed by atoms with Gasteiger partial charge in [0, 0.05) is 44.1 Å². The fourth-order valence-corrected chi connectivity index (χ4v) is 2.85. The summed E-state index contributed by atoms with van der Waals surface area (Å²) in [5.41, 5.74) is 1.61. The molecule has 0 bridgehead atoms. The summed E-state index contributed by atoms with van der Waals surface area (Å²) in [6, 6.07) is 9.43. The average molecular weight is 285 g/mol. The third-order valence-corrected chi connectivity index (χ3v) is 4.05. The molecule has 3 rings (SSSR count). The second-order valence-corrected chi connectivity index (χ2v) is 5.57. The number of aromatic nitrogens is 2. The Labute approximate surface area is 123 Å². The molecule has 1 aliphatic heterocycles. The van der Waals surface area contributed by atoms with E-state index in [-0.39, 0.29) is 11.8 Å². The van der Waals surface area contributed by atoms with Crippen molar-refractivity contribution in [3.8, 4) is 0 Å². The first-order chi connectivity index (χ1) is 10.1. The Morgan fingerprint density at radius 2 is 2.19 bits per heavy atom. The van der Waals surface area contributed by atoms with Crippen molar-refractivity contribution in [3.05, 3.63) is 54.1 Å². The normalized spacial score (nSPS) is 21.7. The molecule has 1 amide bonds. The van der Waals surface area contributed by atoms with Crippen LogP contribution in [0.5, 0.6) is 0 Å². The summed E-state index contributed by atoms with van der Waals surface area (Å²) in [5.74, 6) is 0.0224. The lowest BCUT2D eigenvalue weighted by atomic mass is 10.00. The van der Waals surface area contributed by atoms with Gasteiger partial charge in [0.1, 0.15) is 5.69 Å². The van der Waals surface area contributed by atoms with Gasteiger partial charge in [-0.1, -0.05) is 6.07 Å². The SMILES string of the molecule is Cn1cccc1C(=O)N1C[C@@H](Cc2ccccn2)[C@H](O)C1. The van der Waals surface area contributed by atoms with E-state index < -0.39 is 6.10 Å². The lowest BCUT2D eigenvalue weighted by Crippen LogP contribution is -2.30.